The first-order chi connectivity index (χ1) is 14.6. The molecule has 2 aliphatic heterocycles. The van der Waals surface area contributed by atoms with E-state index in [0.717, 1.165) is 31.2 Å². The summed E-state index contributed by atoms with van der Waals surface area (Å²) in [5, 5.41) is 6.16. The van der Waals surface area contributed by atoms with Crippen LogP contribution in [0.2, 0.25) is 0 Å². The Kier molecular flexibility index (Phi) is 5.90. The first kappa shape index (κ1) is 20.2. The summed E-state index contributed by atoms with van der Waals surface area (Å²) in [4.78, 5) is 40.3. The van der Waals surface area contributed by atoms with E-state index < -0.39 is 0 Å². The predicted molar refractivity (Wildman–Crippen MR) is 116 cm³/mol. The van der Waals surface area contributed by atoms with Crippen molar-refractivity contribution in [1.29, 1.82) is 0 Å². The number of benzene rings is 1. The molecule has 2 aliphatic rings. The Bertz CT molecular complexity index is 1070. The molecule has 156 valence electrons. The molecule has 2 fully saturated rings. The van der Waals surface area contributed by atoms with Crippen LogP contribution in [0.3, 0.4) is 0 Å². The Morgan fingerprint density at radius 3 is 2.63 bits per heavy atom. The van der Waals surface area contributed by atoms with Gasteiger partial charge in [-0.05, 0) is 56.4 Å². The Morgan fingerprint density at radius 2 is 1.93 bits per heavy atom. The minimum Gasteiger partial charge on any atom is -0.335 e. The average molecular weight is 406 g/mol. The van der Waals surface area contributed by atoms with Gasteiger partial charge in [0, 0.05) is 29.9 Å². The van der Waals surface area contributed by atoms with Gasteiger partial charge in [0.1, 0.15) is 12.0 Å². The summed E-state index contributed by atoms with van der Waals surface area (Å²) in [5.41, 5.74) is 2.40. The van der Waals surface area contributed by atoms with E-state index in [0.29, 0.717) is 41.4 Å². The quantitative estimate of drug-likeness (QED) is 0.437. The highest BCUT2D eigenvalue weighted by Crippen LogP contribution is 2.33. The summed E-state index contributed by atoms with van der Waals surface area (Å²) in [7, 11) is 0. The van der Waals surface area contributed by atoms with E-state index in [1.54, 1.807) is 13.0 Å². The van der Waals surface area contributed by atoms with Gasteiger partial charge in [-0.15, -0.1) is 0 Å². The minimum atomic E-state index is -0.201. The Hall–Kier alpha value is -3.06. The van der Waals surface area contributed by atoms with Crippen LogP contribution in [-0.4, -0.2) is 34.3 Å². The molecule has 0 radical (unpaired) electrons. The molecule has 4 rings (SSSR count). The van der Waals surface area contributed by atoms with Crippen LogP contribution in [0, 0.1) is 0 Å². The second-order valence-electron chi connectivity index (χ2n) is 8.13. The zero-order chi connectivity index (χ0) is 21.1. The maximum Gasteiger partial charge on any atom is 0.277 e. The summed E-state index contributed by atoms with van der Waals surface area (Å²) in [5.74, 6) is 0. The highest BCUT2D eigenvalue weighted by Gasteiger charge is 2.33. The third kappa shape index (κ3) is 3.98. The molecule has 2 bridgehead atoms. The van der Waals surface area contributed by atoms with Crippen molar-refractivity contribution in [3.05, 3.63) is 58.2 Å². The van der Waals surface area contributed by atoms with Crippen LogP contribution in [0.15, 0.2) is 46.9 Å². The summed E-state index contributed by atoms with van der Waals surface area (Å²) < 4.78 is 1.88. The number of allylic oxidation sites excluding steroid dienone is 3. The number of amides is 1. The average Bonchev–Trinajstić information content (AvgIpc) is 2.75. The number of hydrogen-bond donors (Lipinski definition) is 2. The van der Waals surface area contributed by atoms with Gasteiger partial charge >= 0.3 is 0 Å². The van der Waals surface area contributed by atoms with Crippen molar-refractivity contribution in [3.8, 4) is 0 Å². The van der Waals surface area contributed by atoms with E-state index >= 15 is 0 Å². The highest BCUT2D eigenvalue weighted by atomic mass is 16.1. The van der Waals surface area contributed by atoms with Gasteiger partial charge in [-0.2, -0.15) is 0 Å². The second kappa shape index (κ2) is 8.75. The smallest absolute Gasteiger partial charge is 0.277 e. The molecule has 0 aliphatic carbocycles. The van der Waals surface area contributed by atoms with Gasteiger partial charge in [0.2, 0.25) is 6.41 Å². The van der Waals surface area contributed by atoms with Crippen molar-refractivity contribution in [2.45, 2.75) is 57.2 Å². The lowest BCUT2D eigenvalue weighted by Crippen LogP contribution is -2.50. The minimum absolute atomic E-state index is 0.0807. The van der Waals surface area contributed by atoms with E-state index in [1.165, 1.54) is 12.6 Å². The standard InChI is InChI=1S/C23H26N4O3/c1-15(13-28)9-16(12-24-14-29)22-23(30)27(21-8-3-2-7-20(21)26-22)19-10-17-5-4-6-18(11-19)25-17/h2-3,7-9,12-14,17-19,25H,4-6,10-11H2,1H3,(H,24,29)/b15-9+,16-12+. The summed E-state index contributed by atoms with van der Waals surface area (Å²) >= 11 is 0. The van der Waals surface area contributed by atoms with Gasteiger partial charge in [-0.1, -0.05) is 18.6 Å². The maximum atomic E-state index is 13.7. The molecular weight excluding hydrogens is 380 g/mol. The van der Waals surface area contributed by atoms with E-state index in [4.69, 9.17) is 0 Å². The molecule has 7 heteroatoms. The van der Waals surface area contributed by atoms with Crippen molar-refractivity contribution in [1.82, 2.24) is 20.2 Å². The molecule has 2 N–H and O–H groups in total. The van der Waals surface area contributed by atoms with Gasteiger partial charge < -0.3 is 15.2 Å². The Labute approximate surface area is 174 Å². The molecule has 1 amide bonds. The van der Waals surface area contributed by atoms with Gasteiger partial charge in [-0.3, -0.25) is 14.4 Å². The van der Waals surface area contributed by atoms with Crippen molar-refractivity contribution >= 4 is 29.3 Å². The molecule has 7 nitrogen and oxygen atoms in total. The van der Waals surface area contributed by atoms with Crippen LogP contribution in [0.4, 0.5) is 0 Å². The number of piperidine rings is 2. The van der Waals surface area contributed by atoms with Gasteiger partial charge in [0.25, 0.3) is 5.56 Å². The molecule has 1 aromatic heterocycles. The van der Waals surface area contributed by atoms with Gasteiger partial charge in [0.05, 0.1) is 11.0 Å². The second-order valence-corrected chi connectivity index (χ2v) is 8.13. The van der Waals surface area contributed by atoms with E-state index in [-0.39, 0.29) is 17.3 Å². The molecule has 2 saturated heterocycles. The monoisotopic (exact) mass is 406 g/mol. The number of nitrogens with zero attached hydrogens (tertiary/aromatic N) is 2. The van der Waals surface area contributed by atoms with Gasteiger partial charge in [0.15, 0.2) is 0 Å². The van der Waals surface area contributed by atoms with Crippen LogP contribution < -0.4 is 16.2 Å². The summed E-state index contributed by atoms with van der Waals surface area (Å²) in [6.07, 6.45) is 9.52. The van der Waals surface area contributed by atoms with Crippen LogP contribution in [0.5, 0.6) is 0 Å². The maximum absolute atomic E-state index is 13.7. The normalized spacial score (nSPS) is 24.5. The molecule has 30 heavy (non-hydrogen) atoms. The fraction of sp³-hybridized carbons (Fsp3) is 0.391. The third-order valence-corrected chi connectivity index (χ3v) is 6.00. The van der Waals surface area contributed by atoms with Crippen molar-refractivity contribution in [2.24, 2.45) is 0 Å². The van der Waals surface area contributed by atoms with Crippen LogP contribution in [-0.2, 0) is 9.59 Å². The number of carbonyl (C=O) groups excluding carboxylic acids is 2. The number of carbonyl (C=O) groups is 2. The number of aromatic nitrogens is 2. The number of fused-ring (bicyclic) bond motifs is 3. The molecule has 3 heterocycles. The number of nitrogens with one attached hydrogen (secondary N) is 2. The summed E-state index contributed by atoms with van der Waals surface area (Å²) in [6, 6.07) is 8.57. The topological polar surface area (TPSA) is 93.1 Å². The number of rotatable bonds is 6. The van der Waals surface area contributed by atoms with Crippen molar-refractivity contribution < 1.29 is 9.59 Å². The third-order valence-electron chi connectivity index (χ3n) is 6.00. The molecular formula is C23H26N4O3. The molecule has 1 aromatic carbocycles. The molecule has 2 atom stereocenters. The zero-order valence-electron chi connectivity index (χ0n) is 17.0. The Morgan fingerprint density at radius 1 is 1.20 bits per heavy atom. The molecule has 0 saturated carbocycles. The molecule has 2 aromatic rings. The molecule has 0 spiro atoms. The zero-order valence-corrected chi connectivity index (χ0v) is 17.0. The van der Waals surface area contributed by atoms with Crippen molar-refractivity contribution in [3.63, 3.8) is 0 Å². The number of aldehydes is 1. The number of hydrogen-bond acceptors (Lipinski definition) is 5. The SMILES string of the molecule is C/C(C=O)=C\C(=C/NC=O)c1nc2ccccc2n(C2CC3CCCC(C2)N3)c1=O. The summed E-state index contributed by atoms with van der Waals surface area (Å²) in [6.45, 7) is 1.65. The van der Waals surface area contributed by atoms with Crippen LogP contribution in [0.25, 0.3) is 16.6 Å². The first-order valence-electron chi connectivity index (χ1n) is 10.4. The van der Waals surface area contributed by atoms with Crippen LogP contribution in [0.1, 0.15) is 50.8 Å². The van der Waals surface area contributed by atoms with E-state index in [2.05, 4.69) is 15.6 Å². The largest absolute Gasteiger partial charge is 0.335 e. The lowest BCUT2D eigenvalue weighted by molar-refractivity contribution is -0.108. The predicted octanol–water partition coefficient (Wildman–Crippen LogP) is 2.47. The van der Waals surface area contributed by atoms with Crippen LogP contribution >= 0.6 is 0 Å². The fourth-order valence-corrected chi connectivity index (χ4v) is 4.73. The Balaban J connectivity index is 1.90. The number of para-hydroxylation sites is 2. The fourth-order valence-electron chi connectivity index (χ4n) is 4.73. The van der Waals surface area contributed by atoms with E-state index in [1.807, 2.05) is 28.8 Å². The van der Waals surface area contributed by atoms with Crippen molar-refractivity contribution in [2.75, 3.05) is 0 Å². The lowest BCUT2D eigenvalue weighted by atomic mass is 9.83. The van der Waals surface area contributed by atoms with E-state index in [9.17, 15) is 14.4 Å². The first-order valence-corrected chi connectivity index (χ1v) is 10.4. The highest BCUT2D eigenvalue weighted by molar-refractivity contribution is 5.84. The lowest BCUT2D eigenvalue weighted by Gasteiger charge is -2.41. The van der Waals surface area contributed by atoms with Gasteiger partial charge in [-0.25, -0.2) is 4.98 Å². The molecule has 2 unspecified atom stereocenters.